The largest absolute Gasteiger partial charge is 0.431 e. The number of carbonyl (C=O) groups is 1. The zero-order valence-corrected chi connectivity index (χ0v) is 16.5. The van der Waals surface area contributed by atoms with Crippen LogP contribution in [-0.2, 0) is 6.42 Å². The van der Waals surface area contributed by atoms with E-state index in [4.69, 9.17) is 4.42 Å². The fraction of sp³-hybridized carbons (Fsp3) is 0.333. The zero-order valence-electron chi connectivity index (χ0n) is 15.7. The first-order valence-electron chi connectivity index (χ1n) is 9.18. The Bertz CT molecular complexity index is 880. The van der Waals surface area contributed by atoms with Crippen LogP contribution in [-0.4, -0.2) is 36.3 Å². The summed E-state index contributed by atoms with van der Waals surface area (Å²) in [7, 11) is 1.94. The summed E-state index contributed by atoms with van der Waals surface area (Å²) in [5.41, 5.74) is 3.23. The second kappa shape index (κ2) is 9.58. The molecule has 2 aromatic carbocycles. The molecule has 0 aliphatic rings. The Morgan fingerprint density at radius 1 is 1.22 bits per heavy atom. The molecule has 0 fully saturated rings. The lowest BCUT2D eigenvalue weighted by atomic mass is 10.1. The number of nitrogens with one attached hydrogen (secondary N) is 2. The summed E-state index contributed by atoms with van der Waals surface area (Å²) < 4.78 is 5.74. The number of thioether (sulfide) groups is 1. The highest BCUT2D eigenvalue weighted by Crippen LogP contribution is 2.24. The van der Waals surface area contributed by atoms with Crippen molar-refractivity contribution in [1.29, 1.82) is 0 Å². The molecule has 0 unspecified atom stereocenters. The molecule has 2 N–H and O–H groups in total. The highest BCUT2D eigenvalue weighted by atomic mass is 32.2. The van der Waals surface area contributed by atoms with E-state index in [1.807, 2.05) is 38.2 Å². The van der Waals surface area contributed by atoms with Crippen molar-refractivity contribution in [3.05, 3.63) is 59.7 Å². The van der Waals surface area contributed by atoms with Crippen molar-refractivity contribution in [1.82, 2.24) is 15.6 Å². The Labute approximate surface area is 163 Å². The summed E-state index contributed by atoms with van der Waals surface area (Å²) in [4.78, 5) is 17.1. The van der Waals surface area contributed by atoms with Crippen LogP contribution < -0.4 is 10.6 Å². The molecular formula is C21H25N3O2S. The highest BCUT2D eigenvalue weighted by Gasteiger charge is 2.13. The number of nitrogens with zero attached hydrogens (tertiary/aromatic N) is 1. The molecule has 0 aliphatic heterocycles. The Morgan fingerprint density at radius 3 is 2.81 bits per heavy atom. The van der Waals surface area contributed by atoms with Crippen molar-refractivity contribution < 1.29 is 9.21 Å². The molecule has 3 aromatic rings. The van der Waals surface area contributed by atoms with Gasteiger partial charge in [0.2, 0.25) is 0 Å². The minimum Gasteiger partial charge on any atom is -0.431 e. The maximum Gasteiger partial charge on any atom is 0.256 e. The fourth-order valence-electron chi connectivity index (χ4n) is 2.84. The van der Waals surface area contributed by atoms with Crippen LogP contribution in [0.2, 0.25) is 0 Å². The summed E-state index contributed by atoms with van der Waals surface area (Å²) >= 11 is 1.59. The average Bonchev–Trinajstić information content (AvgIpc) is 3.08. The Balaban J connectivity index is 1.61. The molecule has 27 heavy (non-hydrogen) atoms. The Kier molecular flexibility index (Phi) is 6.90. The second-order valence-electron chi connectivity index (χ2n) is 6.53. The van der Waals surface area contributed by atoms with E-state index in [-0.39, 0.29) is 11.9 Å². The topological polar surface area (TPSA) is 67.2 Å². The van der Waals surface area contributed by atoms with E-state index < -0.39 is 0 Å². The minimum atomic E-state index is -0.0912. The molecule has 0 aliphatic carbocycles. The SMILES string of the molecule is CNCCCSc1nc2cc(C(=O)N[C@H](C)Cc3ccccc3)ccc2o1. The van der Waals surface area contributed by atoms with Crippen LogP contribution in [0, 0.1) is 0 Å². The van der Waals surface area contributed by atoms with Gasteiger partial charge in [-0.05, 0) is 57.1 Å². The van der Waals surface area contributed by atoms with Crippen LogP contribution in [0.15, 0.2) is 58.2 Å². The molecule has 0 saturated heterocycles. The van der Waals surface area contributed by atoms with E-state index in [0.717, 1.165) is 30.7 Å². The molecule has 0 saturated carbocycles. The van der Waals surface area contributed by atoms with Crippen molar-refractivity contribution >= 4 is 28.8 Å². The molecule has 0 bridgehead atoms. The van der Waals surface area contributed by atoms with E-state index in [9.17, 15) is 4.79 Å². The molecule has 142 valence electrons. The Hall–Kier alpha value is -2.31. The first kappa shape index (κ1) is 19.5. The van der Waals surface area contributed by atoms with Crippen LogP contribution in [0.4, 0.5) is 0 Å². The lowest BCUT2D eigenvalue weighted by molar-refractivity contribution is 0.0940. The van der Waals surface area contributed by atoms with Gasteiger partial charge in [-0.1, -0.05) is 42.1 Å². The van der Waals surface area contributed by atoms with Gasteiger partial charge in [-0.3, -0.25) is 4.79 Å². The molecule has 3 rings (SSSR count). The molecule has 1 aromatic heterocycles. The zero-order chi connectivity index (χ0) is 19.1. The third-order valence-electron chi connectivity index (χ3n) is 4.19. The molecule has 6 heteroatoms. The Morgan fingerprint density at radius 2 is 2.04 bits per heavy atom. The fourth-order valence-corrected chi connectivity index (χ4v) is 3.62. The van der Waals surface area contributed by atoms with Gasteiger partial charge >= 0.3 is 0 Å². The van der Waals surface area contributed by atoms with Crippen molar-refractivity contribution in [2.45, 2.75) is 31.0 Å². The second-order valence-corrected chi connectivity index (χ2v) is 7.58. The maximum atomic E-state index is 12.6. The lowest BCUT2D eigenvalue weighted by Gasteiger charge is -2.14. The van der Waals surface area contributed by atoms with E-state index >= 15 is 0 Å². The number of amides is 1. The van der Waals surface area contributed by atoms with E-state index in [0.29, 0.717) is 16.4 Å². The first-order valence-corrected chi connectivity index (χ1v) is 10.2. The van der Waals surface area contributed by atoms with Gasteiger partial charge in [-0.2, -0.15) is 0 Å². The van der Waals surface area contributed by atoms with Crippen LogP contribution in [0.5, 0.6) is 0 Å². The molecule has 1 amide bonds. The average molecular weight is 384 g/mol. The third kappa shape index (κ3) is 5.58. The van der Waals surface area contributed by atoms with Gasteiger partial charge in [0.05, 0.1) is 0 Å². The number of aromatic nitrogens is 1. The number of oxazole rings is 1. The molecule has 0 spiro atoms. The highest BCUT2D eigenvalue weighted by molar-refractivity contribution is 7.99. The van der Waals surface area contributed by atoms with Crippen LogP contribution in [0.25, 0.3) is 11.1 Å². The van der Waals surface area contributed by atoms with Gasteiger partial charge in [-0.25, -0.2) is 4.98 Å². The molecule has 1 atom stereocenters. The first-order chi connectivity index (χ1) is 13.2. The van der Waals surface area contributed by atoms with Gasteiger partial charge in [0, 0.05) is 17.4 Å². The number of rotatable bonds is 9. The van der Waals surface area contributed by atoms with Crippen molar-refractivity contribution in [3.63, 3.8) is 0 Å². The number of carbonyl (C=O) groups excluding carboxylic acids is 1. The number of hydrogen-bond donors (Lipinski definition) is 2. The summed E-state index contributed by atoms with van der Waals surface area (Å²) in [5.74, 6) is 0.851. The van der Waals surface area contributed by atoms with Crippen molar-refractivity contribution in [2.75, 3.05) is 19.3 Å². The minimum absolute atomic E-state index is 0.0474. The maximum absolute atomic E-state index is 12.6. The standard InChI is InChI=1S/C21H25N3O2S/c1-15(13-16-7-4-3-5-8-16)23-20(25)17-9-10-19-18(14-17)24-21(26-19)27-12-6-11-22-2/h3-5,7-10,14-15,22H,6,11-13H2,1-2H3,(H,23,25)/t15-/m1/s1. The van der Waals surface area contributed by atoms with Crippen LogP contribution in [0.1, 0.15) is 29.3 Å². The monoisotopic (exact) mass is 383 g/mol. The lowest BCUT2D eigenvalue weighted by Crippen LogP contribution is -2.34. The molecule has 0 radical (unpaired) electrons. The number of benzene rings is 2. The predicted octanol–water partition coefficient (Wildman–Crippen LogP) is 3.89. The van der Waals surface area contributed by atoms with Gasteiger partial charge < -0.3 is 15.1 Å². The van der Waals surface area contributed by atoms with E-state index in [2.05, 4.69) is 27.8 Å². The van der Waals surface area contributed by atoms with E-state index in [1.165, 1.54) is 5.56 Å². The summed E-state index contributed by atoms with van der Waals surface area (Å²) in [6, 6.07) is 15.6. The summed E-state index contributed by atoms with van der Waals surface area (Å²) in [5, 5.41) is 6.83. The van der Waals surface area contributed by atoms with Gasteiger partial charge in [0.1, 0.15) is 5.52 Å². The van der Waals surface area contributed by atoms with Gasteiger partial charge in [0.25, 0.3) is 11.1 Å². The van der Waals surface area contributed by atoms with Crippen LogP contribution in [0.3, 0.4) is 0 Å². The quantitative estimate of drug-likeness (QED) is 0.433. The van der Waals surface area contributed by atoms with E-state index in [1.54, 1.807) is 23.9 Å². The third-order valence-corrected chi connectivity index (χ3v) is 5.10. The summed E-state index contributed by atoms with van der Waals surface area (Å²) in [6.07, 6.45) is 1.85. The van der Waals surface area contributed by atoms with Gasteiger partial charge in [-0.15, -0.1) is 0 Å². The smallest absolute Gasteiger partial charge is 0.256 e. The van der Waals surface area contributed by atoms with Crippen molar-refractivity contribution in [2.24, 2.45) is 0 Å². The number of hydrogen-bond acceptors (Lipinski definition) is 5. The molecular weight excluding hydrogens is 358 g/mol. The molecule has 1 heterocycles. The predicted molar refractivity (Wildman–Crippen MR) is 110 cm³/mol. The normalized spacial score (nSPS) is 12.2. The van der Waals surface area contributed by atoms with Gasteiger partial charge in [0.15, 0.2) is 5.58 Å². The van der Waals surface area contributed by atoms with Crippen molar-refractivity contribution in [3.8, 4) is 0 Å². The summed E-state index contributed by atoms with van der Waals surface area (Å²) in [6.45, 7) is 2.98. The van der Waals surface area contributed by atoms with Crippen LogP contribution >= 0.6 is 11.8 Å². The molecule has 5 nitrogen and oxygen atoms in total. The number of fused-ring (bicyclic) bond motifs is 1.